The van der Waals surface area contributed by atoms with Crippen molar-refractivity contribution in [3.63, 3.8) is 0 Å². The second-order valence-corrected chi connectivity index (χ2v) is 19.1. The highest BCUT2D eigenvalue weighted by Gasteiger charge is 2.28. The number of furan rings is 1. The van der Waals surface area contributed by atoms with Gasteiger partial charge in [-0.3, -0.25) is 0 Å². The van der Waals surface area contributed by atoms with Crippen LogP contribution in [-0.4, -0.2) is 0 Å². The second-order valence-electron chi connectivity index (χ2n) is 19.1. The Kier molecular flexibility index (Phi) is 10.6. The molecule has 11 aromatic carbocycles. The van der Waals surface area contributed by atoms with Crippen molar-refractivity contribution in [1.82, 2.24) is 0 Å². The van der Waals surface area contributed by atoms with Gasteiger partial charge in [-0.25, -0.2) is 0 Å². The molecule has 74 heavy (non-hydrogen) atoms. The minimum atomic E-state index is 0.792. The summed E-state index contributed by atoms with van der Waals surface area (Å²) in [5.74, 6) is 2.57. The van der Waals surface area contributed by atoms with Crippen LogP contribution in [0.15, 0.2) is 265 Å². The van der Waals surface area contributed by atoms with Crippen molar-refractivity contribution in [2.45, 2.75) is 12.8 Å². The Morgan fingerprint density at radius 3 is 1.45 bits per heavy atom. The van der Waals surface area contributed by atoms with Crippen LogP contribution in [-0.2, 0) is 6.42 Å². The summed E-state index contributed by atoms with van der Waals surface area (Å²) in [7, 11) is 0. The number of rotatable bonds is 10. The third-order valence-electron chi connectivity index (χ3n) is 14.8. The summed E-state index contributed by atoms with van der Waals surface area (Å²) in [6.07, 6.45) is 6.36. The van der Waals surface area contributed by atoms with Gasteiger partial charge in [-0.1, -0.05) is 188 Å². The van der Waals surface area contributed by atoms with E-state index in [2.05, 4.69) is 277 Å². The van der Waals surface area contributed by atoms with Gasteiger partial charge in [-0.15, -0.1) is 0 Å². The molecule has 0 fully saturated rings. The van der Waals surface area contributed by atoms with Crippen molar-refractivity contribution in [3.8, 4) is 67.1 Å². The predicted octanol–water partition coefficient (Wildman–Crippen LogP) is 19.9. The molecule has 0 bridgehead atoms. The van der Waals surface area contributed by atoms with Crippen LogP contribution in [0.2, 0.25) is 0 Å². The molecule has 0 unspecified atom stereocenters. The molecule has 0 spiro atoms. The van der Waals surface area contributed by atoms with Gasteiger partial charge < -0.3 is 19.0 Å². The number of nitrogens with zero attached hydrogens (tertiary/aromatic N) is 2. The number of anilines is 6. The number of aryl methyl sites for hydroxylation is 1. The molecule has 0 saturated carbocycles. The van der Waals surface area contributed by atoms with Crippen LogP contribution in [0.4, 0.5) is 34.1 Å². The first-order valence-electron chi connectivity index (χ1n) is 25.4. The molecule has 14 rings (SSSR count). The van der Waals surface area contributed by atoms with Crippen LogP contribution >= 0.6 is 0 Å². The highest BCUT2D eigenvalue weighted by atomic mass is 16.5. The van der Waals surface area contributed by atoms with E-state index in [1.54, 1.807) is 0 Å². The van der Waals surface area contributed by atoms with Crippen molar-refractivity contribution < 1.29 is 9.15 Å². The van der Waals surface area contributed by atoms with Gasteiger partial charge in [0, 0.05) is 62.0 Å². The number of hydrogen-bond acceptors (Lipinski definition) is 4. The van der Waals surface area contributed by atoms with Gasteiger partial charge in [0.15, 0.2) is 5.75 Å². The van der Waals surface area contributed by atoms with Gasteiger partial charge in [0.2, 0.25) is 0 Å². The Morgan fingerprint density at radius 2 is 0.865 bits per heavy atom. The Morgan fingerprint density at radius 1 is 0.365 bits per heavy atom. The molecule has 2 heterocycles. The normalized spacial score (nSPS) is 12.3. The van der Waals surface area contributed by atoms with E-state index in [4.69, 9.17) is 9.15 Å². The standard InChI is InChI=1S/C70H48N2O2/c1-4-14-47(15-5-1)50-26-35-55(36-27-50)71(56-37-28-51(29-38-56)48-16-6-2-7-17-48)59-43-44-62-63-23-12-20-54-34-45-65(70(68(54)63)74-67(62)46-59)72(57-39-30-52(31-40-57)49-18-8-3-9-19-49)58-41-32-53(33-42-58)60-22-13-24-64-61-21-10-11-25-66(61)73-69(60)64/h1-9,11-20,22-46H,10,21H2. The number of para-hydroxylation sites is 1. The lowest BCUT2D eigenvalue weighted by atomic mass is 9.93. The first-order chi connectivity index (χ1) is 36.7. The molecule has 0 saturated heterocycles. The Bertz CT molecular complexity index is 3970. The lowest BCUT2D eigenvalue weighted by Gasteiger charge is -2.32. The number of hydrogen-bond donors (Lipinski definition) is 0. The summed E-state index contributed by atoms with van der Waals surface area (Å²) >= 11 is 0. The van der Waals surface area contributed by atoms with E-state index < -0.39 is 0 Å². The van der Waals surface area contributed by atoms with Gasteiger partial charge in [0.05, 0.1) is 5.69 Å². The van der Waals surface area contributed by atoms with Crippen LogP contribution in [0.25, 0.3) is 83.5 Å². The topological polar surface area (TPSA) is 28.9 Å². The highest BCUT2D eigenvalue weighted by molar-refractivity contribution is 6.08. The number of ether oxygens (including phenoxy) is 1. The summed E-state index contributed by atoms with van der Waals surface area (Å²) in [5.41, 5.74) is 19.7. The highest BCUT2D eigenvalue weighted by Crippen LogP contribution is 2.54. The third-order valence-corrected chi connectivity index (χ3v) is 14.8. The molecule has 4 heteroatoms. The van der Waals surface area contributed by atoms with Crippen LogP contribution in [0, 0.1) is 0 Å². The fourth-order valence-electron chi connectivity index (χ4n) is 11.1. The molecule has 1 aliphatic carbocycles. The molecular weight excluding hydrogens is 901 g/mol. The van der Waals surface area contributed by atoms with E-state index in [1.165, 1.54) is 38.8 Å². The summed E-state index contributed by atoms with van der Waals surface area (Å²) in [4.78, 5) is 4.66. The first kappa shape index (κ1) is 43.2. The second kappa shape index (κ2) is 18.2. The largest absolute Gasteiger partial charge is 0.456 e. The quantitative estimate of drug-likeness (QED) is 0.137. The van der Waals surface area contributed by atoms with E-state index in [1.807, 2.05) is 0 Å². The van der Waals surface area contributed by atoms with Crippen molar-refractivity contribution in [2.24, 2.45) is 0 Å². The van der Waals surface area contributed by atoms with Gasteiger partial charge >= 0.3 is 0 Å². The van der Waals surface area contributed by atoms with E-state index in [0.717, 1.165) is 108 Å². The molecule has 0 N–H and O–H groups in total. The molecular formula is C70H48N2O2. The van der Waals surface area contributed by atoms with Crippen molar-refractivity contribution in [3.05, 3.63) is 272 Å². The maximum Gasteiger partial charge on any atom is 0.159 e. The predicted molar refractivity (Wildman–Crippen MR) is 308 cm³/mol. The smallest absolute Gasteiger partial charge is 0.159 e. The maximum absolute atomic E-state index is 7.41. The Labute approximate surface area is 430 Å². The van der Waals surface area contributed by atoms with Crippen LogP contribution in [0.1, 0.15) is 17.7 Å². The summed E-state index contributed by atoms with van der Waals surface area (Å²) in [6.45, 7) is 0. The zero-order chi connectivity index (χ0) is 49.0. The van der Waals surface area contributed by atoms with Crippen molar-refractivity contribution >= 4 is 61.9 Å². The zero-order valence-corrected chi connectivity index (χ0v) is 40.5. The fraction of sp³-hybridized carbons (Fsp3) is 0.0286. The summed E-state index contributed by atoms with van der Waals surface area (Å²) in [5, 5.41) is 3.40. The minimum absolute atomic E-state index is 0.792. The average molecular weight is 949 g/mol. The van der Waals surface area contributed by atoms with Crippen LogP contribution in [0.3, 0.4) is 0 Å². The molecule has 0 radical (unpaired) electrons. The van der Waals surface area contributed by atoms with Gasteiger partial charge in [-0.2, -0.15) is 0 Å². The van der Waals surface area contributed by atoms with Crippen molar-refractivity contribution in [1.29, 1.82) is 0 Å². The lowest BCUT2D eigenvalue weighted by molar-refractivity contribution is 0.488. The Hall–Kier alpha value is -9.64. The first-order valence-corrected chi connectivity index (χ1v) is 25.4. The molecule has 0 amide bonds. The molecule has 0 atom stereocenters. The van der Waals surface area contributed by atoms with E-state index >= 15 is 0 Å². The SMILES string of the molecule is C1=Cc2oc3c(-c4ccc(N(c5ccc(-c6ccccc6)cc5)c5ccc6cccc7c6c5Oc5cc(N(c6ccc(-c8ccccc8)cc6)c6ccc(-c8ccccc8)cc6)ccc5-7)cc4)cccc3c2CC1. The van der Waals surface area contributed by atoms with E-state index in [9.17, 15) is 0 Å². The summed E-state index contributed by atoms with van der Waals surface area (Å²) in [6, 6.07) is 91.3. The van der Waals surface area contributed by atoms with E-state index in [0.29, 0.717) is 0 Å². The van der Waals surface area contributed by atoms with Gasteiger partial charge in [0.1, 0.15) is 17.1 Å². The lowest BCUT2D eigenvalue weighted by Crippen LogP contribution is -2.13. The van der Waals surface area contributed by atoms with E-state index in [-0.39, 0.29) is 0 Å². The number of benzene rings is 11. The number of allylic oxidation sites excluding steroid dienone is 1. The third kappa shape index (κ3) is 7.64. The monoisotopic (exact) mass is 948 g/mol. The maximum atomic E-state index is 7.41. The van der Waals surface area contributed by atoms with Crippen LogP contribution < -0.4 is 14.5 Å². The summed E-state index contributed by atoms with van der Waals surface area (Å²) < 4.78 is 14.0. The molecule has 12 aromatic rings. The molecule has 350 valence electrons. The number of fused-ring (bicyclic) bond motifs is 5. The molecule has 2 aliphatic rings. The zero-order valence-electron chi connectivity index (χ0n) is 40.5. The average Bonchev–Trinajstić information content (AvgIpc) is 3.87. The molecule has 4 nitrogen and oxygen atoms in total. The molecule has 1 aromatic heterocycles. The van der Waals surface area contributed by atoms with Crippen LogP contribution in [0.5, 0.6) is 11.5 Å². The Balaban J connectivity index is 0.892. The van der Waals surface area contributed by atoms with Crippen molar-refractivity contribution in [2.75, 3.05) is 9.80 Å². The fourth-order valence-corrected chi connectivity index (χ4v) is 11.1. The molecule has 1 aliphatic heterocycles. The van der Waals surface area contributed by atoms with Gasteiger partial charge in [-0.05, 0) is 136 Å². The minimum Gasteiger partial charge on any atom is -0.456 e. The van der Waals surface area contributed by atoms with Gasteiger partial charge in [0.25, 0.3) is 0 Å².